The maximum absolute atomic E-state index is 13.6. The van der Waals surface area contributed by atoms with Gasteiger partial charge >= 0.3 is 7.60 Å². The Morgan fingerprint density at radius 1 is 1.03 bits per heavy atom. The molecule has 1 N–H and O–H groups in total. The van der Waals surface area contributed by atoms with Crippen molar-refractivity contribution >= 4 is 24.7 Å². The number of non-ortho nitro benzene ring substituents is 1. The first-order valence-corrected chi connectivity index (χ1v) is 11.7. The van der Waals surface area contributed by atoms with Crippen LogP contribution < -0.4 is 10.2 Å². The molecule has 0 bridgehead atoms. The normalized spacial score (nSPS) is 12.4. The lowest BCUT2D eigenvalue weighted by molar-refractivity contribution is -0.384. The maximum Gasteiger partial charge on any atom is 0.357 e. The number of benzene rings is 2. The SMILES string of the molecule is CCOP(=O)(OCC)C(Nc1cccc([N+](=O)[O-])c1)c1ccc(N(CC)CC)cc1. The van der Waals surface area contributed by atoms with Crippen molar-refractivity contribution in [2.24, 2.45) is 0 Å². The van der Waals surface area contributed by atoms with Crippen molar-refractivity contribution in [1.82, 2.24) is 0 Å². The van der Waals surface area contributed by atoms with Gasteiger partial charge in [-0.25, -0.2) is 0 Å². The third-order valence-electron chi connectivity index (χ3n) is 4.63. The van der Waals surface area contributed by atoms with Crippen molar-refractivity contribution in [1.29, 1.82) is 0 Å². The molecule has 0 radical (unpaired) electrons. The highest BCUT2D eigenvalue weighted by Gasteiger charge is 2.37. The van der Waals surface area contributed by atoms with Crippen molar-refractivity contribution in [3.05, 3.63) is 64.2 Å². The fourth-order valence-corrected chi connectivity index (χ4v) is 5.15. The number of anilines is 2. The highest BCUT2D eigenvalue weighted by Crippen LogP contribution is 2.60. The van der Waals surface area contributed by atoms with Gasteiger partial charge in [-0.1, -0.05) is 18.2 Å². The van der Waals surface area contributed by atoms with Crippen LogP contribution in [0.15, 0.2) is 48.5 Å². The molecule has 0 aliphatic heterocycles. The molecular formula is C21H30N3O5P. The number of nitrogens with one attached hydrogen (secondary N) is 1. The summed E-state index contributed by atoms with van der Waals surface area (Å²) < 4.78 is 24.8. The smallest absolute Gasteiger partial charge is 0.357 e. The average Bonchev–Trinajstić information content (AvgIpc) is 2.74. The van der Waals surface area contributed by atoms with Gasteiger partial charge in [0.15, 0.2) is 5.78 Å². The lowest BCUT2D eigenvalue weighted by Crippen LogP contribution is -2.22. The second-order valence-corrected chi connectivity index (χ2v) is 8.61. The molecule has 1 unspecified atom stereocenters. The average molecular weight is 435 g/mol. The number of hydrogen-bond acceptors (Lipinski definition) is 7. The van der Waals surface area contributed by atoms with Crippen LogP contribution in [0.3, 0.4) is 0 Å². The fourth-order valence-electron chi connectivity index (χ4n) is 3.21. The van der Waals surface area contributed by atoms with Crippen LogP contribution in [0.1, 0.15) is 39.0 Å². The Labute approximate surface area is 177 Å². The van der Waals surface area contributed by atoms with E-state index in [0.717, 1.165) is 18.8 Å². The molecule has 0 heterocycles. The Kier molecular flexibility index (Phi) is 8.84. The fraction of sp³-hybridized carbons (Fsp3) is 0.429. The minimum absolute atomic E-state index is 0.0571. The molecule has 0 spiro atoms. The Morgan fingerprint density at radius 3 is 2.13 bits per heavy atom. The van der Waals surface area contributed by atoms with Gasteiger partial charge in [0, 0.05) is 36.6 Å². The molecule has 0 fully saturated rings. The van der Waals surface area contributed by atoms with E-state index in [1.807, 2.05) is 24.3 Å². The predicted octanol–water partition coefficient (Wildman–Crippen LogP) is 5.82. The van der Waals surface area contributed by atoms with Gasteiger partial charge in [-0.15, -0.1) is 0 Å². The molecule has 2 rings (SSSR count). The quantitative estimate of drug-likeness (QED) is 0.255. The molecular weight excluding hydrogens is 405 g/mol. The van der Waals surface area contributed by atoms with Crippen molar-refractivity contribution in [3.8, 4) is 0 Å². The number of nitro benzene ring substituents is 1. The summed E-state index contributed by atoms with van der Waals surface area (Å²) in [5, 5.41) is 14.3. The number of rotatable bonds is 12. The van der Waals surface area contributed by atoms with Crippen molar-refractivity contribution in [2.45, 2.75) is 33.5 Å². The maximum atomic E-state index is 13.6. The van der Waals surface area contributed by atoms with Crippen LogP contribution in [-0.4, -0.2) is 31.2 Å². The highest BCUT2D eigenvalue weighted by atomic mass is 31.2. The Balaban J connectivity index is 2.47. The molecule has 0 aliphatic carbocycles. The lowest BCUT2D eigenvalue weighted by atomic mass is 10.1. The molecule has 0 saturated carbocycles. The van der Waals surface area contributed by atoms with Gasteiger partial charge in [-0.05, 0) is 51.5 Å². The Morgan fingerprint density at radius 2 is 1.63 bits per heavy atom. The minimum atomic E-state index is -3.60. The lowest BCUT2D eigenvalue weighted by Gasteiger charge is -2.29. The van der Waals surface area contributed by atoms with E-state index in [4.69, 9.17) is 9.05 Å². The molecule has 1 atom stereocenters. The number of nitro groups is 1. The highest BCUT2D eigenvalue weighted by molar-refractivity contribution is 7.54. The van der Waals surface area contributed by atoms with Gasteiger partial charge in [-0.3, -0.25) is 14.7 Å². The zero-order chi connectivity index (χ0) is 22.1. The van der Waals surface area contributed by atoms with Crippen LogP contribution >= 0.6 is 7.60 Å². The number of hydrogen-bond donors (Lipinski definition) is 1. The summed E-state index contributed by atoms with van der Waals surface area (Å²) in [5.41, 5.74) is 2.17. The van der Waals surface area contributed by atoms with E-state index in [9.17, 15) is 14.7 Å². The second-order valence-electron chi connectivity index (χ2n) is 6.49. The Bertz CT molecular complexity index is 861. The first-order chi connectivity index (χ1) is 14.4. The molecule has 0 aromatic heterocycles. The van der Waals surface area contributed by atoms with E-state index in [2.05, 4.69) is 24.1 Å². The first kappa shape index (κ1) is 23.9. The van der Waals surface area contributed by atoms with E-state index in [1.165, 1.54) is 12.1 Å². The summed E-state index contributed by atoms with van der Waals surface area (Å²) >= 11 is 0. The topological polar surface area (TPSA) is 93.9 Å². The van der Waals surface area contributed by atoms with Crippen molar-refractivity contribution < 1.29 is 18.5 Å². The monoisotopic (exact) mass is 435 g/mol. The second kappa shape index (κ2) is 11.1. The zero-order valence-electron chi connectivity index (χ0n) is 17.9. The van der Waals surface area contributed by atoms with E-state index < -0.39 is 18.3 Å². The van der Waals surface area contributed by atoms with Crippen LogP contribution in [0.5, 0.6) is 0 Å². The summed E-state index contributed by atoms with van der Waals surface area (Å²) in [4.78, 5) is 12.9. The van der Waals surface area contributed by atoms with Crippen molar-refractivity contribution in [2.75, 3.05) is 36.5 Å². The summed E-state index contributed by atoms with van der Waals surface area (Å²) in [5.74, 6) is -0.815. The van der Waals surface area contributed by atoms with Crippen LogP contribution in [-0.2, 0) is 13.6 Å². The van der Waals surface area contributed by atoms with Crippen LogP contribution in [0, 0.1) is 10.1 Å². The van der Waals surface area contributed by atoms with E-state index in [-0.39, 0.29) is 18.9 Å². The Hall–Kier alpha value is -2.41. The minimum Gasteiger partial charge on any atom is -0.372 e. The van der Waals surface area contributed by atoms with E-state index in [0.29, 0.717) is 11.3 Å². The van der Waals surface area contributed by atoms with Gasteiger partial charge < -0.3 is 19.3 Å². The molecule has 2 aromatic carbocycles. The van der Waals surface area contributed by atoms with Crippen molar-refractivity contribution in [3.63, 3.8) is 0 Å². The van der Waals surface area contributed by atoms with E-state index >= 15 is 0 Å². The summed E-state index contributed by atoms with van der Waals surface area (Å²) in [6, 6.07) is 13.8. The first-order valence-electron chi connectivity index (χ1n) is 10.1. The summed E-state index contributed by atoms with van der Waals surface area (Å²) in [7, 11) is -3.60. The molecule has 164 valence electrons. The summed E-state index contributed by atoms with van der Waals surface area (Å²) in [6.45, 7) is 9.84. The largest absolute Gasteiger partial charge is 0.372 e. The van der Waals surface area contributed by atoms with Crippen LogP contribution in [0.2, 0.25) is 0 Å². The third-order valence-corrected chi connectivity index (χ3v) is 6.93. The van der Waals surface area contributed by atoms with Gasteiger partial charge in [0.25, 0.3) is 5.69 Å². The summed E-state index contributed by atoms with van der Waals surface area (Å²) in [6.07, 6.45) is 0. The van der Waals surface area contributed by atoms with Gasteiger partial charge in [0.2, 0.25) is 0 Å². The molecule has 2 aromatic rings. The predicted molar refractivity (Wildman–Crippen MR) is 120 cm³/mol. The molecule has 0 saturated heterocycles. The van der Waals surface area contributed by atoms with Crippen LogP contribution in [0.25, 0.3) is 0 Å². The molecule has 8 nitrogen and oxygen atoms in total. The molecule has 30 heavy (non-hydrogen) atoms. The van der Waals surface area contributed by atoms with Gasteiger partial charge in [0.05, 0.1) is 18.1 Å². The third kappa shape index (κ3) is 5.81. The van der Waals surface area contributed by atoms with Crippen LogP contribution in [0.4, 0.5) is 17.1 Å². The van der Waals surface area contributed by atoms with Gasteiger partial charge in [0.1, 0.15) is 0 Å². The van der Waals surface area contributed by atoms with Gasteiger partial charge in [-0.2, -0.15) is 0 Å². The standard InChI is InChI=1S/C21H30N3O5P/c1-5-23(6-2)19-14-12-17(13-15-19)21(30(27,28-7-3)29-8-4)22-18-10-9-11-20(16-18)24(25)26/h9-16,21-22H,5-8H2,1-4H3. The number of nitrogens with zero attached hydrogens (tertiary/aromatic N) is 2. The van der Waals surface area contributed by atoms with E-state index in [1.54, 1.807) is 26.0 Å². The zero-order valence-corrected chi connectivity index (χ0v) is 18.8. The molecule has 9 heteroatoms. The molecule has 0 amide bonds. The molecule has 0 aliphatic rings.